The van der Waals surface area contributed by atoms with Crippen molar-refractivity contribution in [2.45, 2.75) is 19.4 Å². The summed E-state index contributed by atoms with van der Waals surface area (Å²) in [5.74, 6) is -1.45. The second-order valence-corrected chi connectivity index (χ2v) is 5.01. The minimum absolute atomic E-state index is 0.0457. The minimum atomic E-state index is -1.02. The number of benzene rings is 1. The summed E-state index contributed by atoms with van der Waals surface area (Å²) < 4.78 is 13.5. The molecule has 0 saturated carbocycles. The van der Waals surface area contributed by atoms with E-state index in [1.807, 2.05) is 6.92 Å². The van der Waals surface area contributed by atoms with Gasteiger partial charge < -0.3 is 10.0 Å². The summed E-state index contributed by atoms with van der Waals surface area (Å²) in [5, 5.41) is 20.1. The number of carbonyl (C=O) groups is 1. The molecular formula is C13H15FN2O4. The summed E-state index contributed by atoms with van der Waals surface area (Å²) in [6.07, 6.45) is 0.0372. The third-order valence-corrected chi connectivity index (χ3v) is 3.54. The molecule has 2 atom stereocenters. The fourth-order valence-electron chi connectivity index (χ4n) is 2.29. The smallest absolute Gasteiger partial charge is 0.304 e. The van der Waals surface area contributed by atoms with Gasteiger partial charge in [0, 0.05) is 24.7 Å². The Labute approximate surface area is 115 Å². The maximum Gasteiger partial charge on any atom is 0.304 e. The van der Waals surface area contributed by atoms with Crippen LogP contribution < -0.4 is 0 Å². The van der Waals surface area contributed by atoms with E-state index in [-0.39, 0.29) is 17.4 Å². The molecule has 1 amide bonds. The lowest BCUT2D eigenvalue weighted by atomic mass is 9.96. The van der Waals surface area contributed by atoms with Crippen LogP contribution in [0.15, 0.2) is 18.2 Å². The average molecular weight is 282 g/mol. The van der Waals surface area contributed by atoms with E-state index in [9.17, 15) is 24.4 Å². The molecule has 6 nitrogen and oxygen atoms in total. The number of rotatable bonds is 2. The Bertz CT molecular complexity index is 549. The van der Waals surface area contributed by atoms with Crippen molar-refractivity contribution in [3.05, 3.63) is 39.7 Å². The number of carbonyl (C=O) groups excluding carboxylic acids is 1. The van der Waals surface area contributed by atoms with Gasteiger partial charge in [-0.2, -0.15) is 4.39 Å². The summed E-state index contributed by atoms with van der Waals surface area (Å²) in [4.78, 5) is 23.4. The molecule has 1 aliphatic rings. The largest absolute Gasteiger partial charge is 0.393 e. The van der Waals surface area contributed by atoms with E-state index in [2.05, 4.69) is 0 Å². The van der Waals surface area contributed by atoms with Crippen LogP contribution in [0.2, 0.25) is 0 Å². The van der Waals surface area contributed by atoms with Gasteiger partial charge in [0.25, 0.3) is 5.91 Å². The Kier molecular flexibility index (Phi) is 3.99. The number of aliphatic hydroxyl groups is 1. The molecule has 0 radical (unpaired) electrons. The first-order chi connectivity index (χ1) is 9.40. The Balaban J connectivity index is 2.17. The first-order valence-corrected chi connectivity index (χ1v) is 6.31. The maximum absolute atomic E-state index is 13.5. The van der Waals surface area contributed by atoms with Crippen molar-refractivity contribution >= 4 is 11.6 Å². The Hall–Kier alpha value is -2.02. The molecule has 0 spiro atoms. The molecule has 20 heavy (non-hydrogen) atoms. The highest BCUT2D eigenvalue weighted by molar-refractivity contribution is 5.94. The van der Waals surface area contributed by atoms with Crippen LogP contribution in [0.5, 0.6) is 0 Å². The zero-order valence-electron chi connectivity index (χ0n) is 11.0. The molecule has 7 heteroatoms. The van der Waals surface area contributed by atoms with Crippen molar-refractivity contribution in [2.75, 3.05) is 13.1 Å². The van der Waals surface area contributed by atoms with Gasteiger partial charge in [0.1, 0.15) is 0 Å². The normalized spacial score (nSPS) is 22.6. The number of likely N-dealkylation sites (tertiary alicyclic amines) is 1. The predicted octanol–water partition coefficient (Wildman–Crippen LogP) is 1.58. The summed E-state index contributed by atoms with van der Waals surface area (Å²) in [7, 11) is 0. The van der Waals surface area contributed by atoms with Crippen molar-refractivity contribution in [3.8, 4) is 0 Å². The van der Waals surface area contributed by atoms with E-state index in [1.165, 1.54) is 11.0 Å². The lowest BCUT2D eigenvalue weighted by molar-refractivity contribution is -0.387. The van der Waals surface area contributed by atoms with Crippen molar-refractivity contribution in [1.82, 2.24) is 4.90 Å². The summed E-state index contributed by atoms with van der Waals surface area (Å²) in [5.41, 5.74) is -0.569. The number of nitro benzene ring substituents is 1. The molecule has 2 unspecified atom stereocenters. The third kappa shape index (κ3) is 2.77. The van der Waals surface area contributed by atoms with Crippen LogP contribution in [0.3, 0.4) is 0 Å². The van der Waals surface area contributed by atoms with E-state index < -0.39 is 22.5 Å². The molecule has 1 aliphatic heterocycles. The number of hydrogen-bond acceptors (Lipinski definition) is 4. The van der Waals surface area contributed by atoms with Gasteiger partial charge in [-0.15, -0.1) is 0 Å². The summed E-state index contributed by atoms with van der Waals surface area (Å²) in [6, 6.07) is 3.13. The van der Waals surface area contributed by atoms with Crippen LogP contribution in [-0.2, 0) is 0 Å². The van der Waals surface area contributed by atoms with Crippen molar-refractivity contribution in [3.63, 3.8) is 0 Å². The Morgan fingerprint density at radius 1 is 1.55 bits per heavy atom. The first-order valence-electron chi connectivity index (χ1n) is 6.31. The molecule has 1 saturated heterocycles. The number of hydrogen-bond donors (Lipinski definition) is 1. The van der Waals surface area contributed by atoms with E-state index in [4.69, 9.17) is 0 Å². The summed E-state index contributed by atoms with van der Waals surface area (Å²) >= 11 is 0. The van der Waals surface area contributed by atoms with Crippen LogP contribution in [0, 0.1) is 21.8 Å². The van der Waals surface area contributed by atoms with E-state index >= 15 is 0 Å². The number of nitro groups is 1. The van der Waals surface area contributed by atoms with Gasteiger partial charge in [-0.05, 0) is 24.5 Å². The van der Waals surface area contributed by atoms with Gasteiger partial charge in [0.2, 0.25) is 5.82 Å². The molecule has 1 heterocycles. The molecule has 1 aromatic carbocycles. The molecule has 1 aromatic rings. The Morgan fingerprint density at radius 3 is 2.80 bits per heavy atom. The highest BCUT2D eigenvalue weighted by atomic mass is 19.1. The number of amides is 1. The van der Waals surface area contributed by atoms with E-state index in [1.54, 1.807) is 0 Å². The second-order valence-electron chi connectivity index (χ2n) is 5.01. The molecule has 108 valence electrons. The topological polar surface area (TPSA) is 83.7 Å². The molecule has 1 N–H and O–H groups in total. The summed E-state index contributed by atoms with van der Waals surface area (Å²) in [6.45, 7) is 2.61. The monoisotopic (exact) mass is 282 g/mol. The van der Waals surface area contributed by atoms with Gasteiger partial charge in [-0.25, -0.2) is 0 Å². The van der Waals surface area contributed by atoms with Crippen molar-refractivity contribution in [1.29, 1.82) is 0 Å². The molecule has 0 aliphatic carbocycles. The highest BCUT2D eigenvalue weighted by Gasteiger charge is 2.28. The lowest BCUT2D eigenvalue weighted by Crippen LogP contribution is -2.44. The zero-order chi connectivity index (χ0) is 14.9. The van der Waals surface area contributed by atoms with Crippen LogP contribution >= 0.6 is 0 Å². The lowest BCUT2D eigenvalue weighted by Gasteiger charge is -2.34. The zero-order valence-corrected chi connectivity index (χ0v) is 11.0. The van der Waals surface area contributed by atoms with E-state index in [0.717, 1.165) is 12.1 Å². The standard InChI is InChI=1S/C13H15FN2O4/c1-8-7-15(5-4-12(8)17)13(18)9-2-3-11(16(19)20)10(14)6-9/h2-3,6,8,12,17H,4-5,7H2,1H3. The van der Waals surface area contributed by atoms with Crippen molar-refractivity contribution in [2.24, 2.45) is 5.92 Å². The number of piperidine rings is 1. The van der Waals surface area contributed by atoms with Gasteiger partial charge in [-0.1, -0.05) is 6.92 Å². The number of halogens is 1. The molecule has 1 fully saturated rings. The minimum Gasteiger partial charge on any atom is -0.393 e. The Morgan fingerprint density at radius 2 is 2.25 bits per heavy atom. The fraction of sp³-hybridized carbons (Fsp3) is 0.462. The van der Waals surface area contributed by atoms with Crippen LogP contribution in [0.1, 0.15) is 23.7 Å². The molecular weight excluding hydrogens is 267 g/mol. The van der Waals surface area contributed by atoms with E-state index in [0.29, 0.717) is 19.5 Å². The van der Waals surface area contributed by atoms with Gasteiger partial charge in [0.05, 0.1) is 11.0 Å². The molecule has 2 rings (SSSR count). The van der Waals surface area contributed by atoms with Crippen LogP contribution in [-0.4, -0.2) is 40.0 Å². The fourth-order valence-corrected chi connectivity index (χ4v) is 2.29. The van der Waals surface area contributed by atoms with Gasteiger partial charge in [0.15, 0.2) is 0 Å². The third-order valence-electron chi connectivity index (χ3n) is 3.54. The number of nitrogens with zero attached hydrogens (tertiary/aromatic N) is 2. The SMILES string of the molecule is CC1CN(C(=O)c2ccc([N+](=O)[O-])c(F)c2)CCC1O. The molecule has 0 aromatic heterocycles. The predicted molar refractivity (Wildman–Crippen MR) is 68.7 cm³/mol. The van der Waals surface area contributed by atoms with Gasteiger partial charge >= 0.3 is 5.69 Å². The maximum atomic E-state index is 13.5. The number of aliphatic hydroxyl groups excluding tert-OH is 1. The quantitative estimate of drug-likeness (QED) is 0.659. The van der Waals surface area contributed by atoms with Gasteiger partial charge in [-0.3, -0.25) is 14.9 Å². The van der Waals surface area contributed by atoms with Crippen LogP contribution in [0.25, 0.3) is 0 Å². The highest BCUT2D eigenvalue weighted by Crippen LogP contribution is 2.22. The second kappa shape index (κ2) is 5.54. The average Bonchev–Trinajstić information content (AvgIpc) is 2.40. The van der Waals surface area contributed by atoms with Crippen molar-refractivity contribution < 1.29 is 19.2 Å². The van der Waals surface area contributed by atoms with Crippen LogP contribution in [0.4, 0.5) is 10.1 Å². The first kappa shape index (κ1) is 14.4. The molecule has 0 bridgehead atoms.